The molecule has 0 saturated carbocycles. The second kappa shape index (κ2) is 6.89. The van der Waals surface area contributed by atoms with Crippen molar-refractivity contribution in [3.05, 3.63) is 35.4 Å². The molecule has 1 aliphatic rings. The van der Waals surface area contributed by atoms with Crippen molar-refractivity contribution in [2.45, 2.75) is 52.1 Å². The Morgan fingerprint density at radius 3 is 2.75 bits per heavy atom. The summed E-state index contributed by atoms with van der Waals surface area (Å²) in [5.74, 6) is 0.207. The van der Waals surface area contributed by atoms with E-state index in [4.69, 9.17) is 0 Å². The zero-order valence-corrected chi connectivity index (χ0v) is 12.9. The van der Waals surface area contributed by atoms with E-state index in [1.54, 1.807) is 0 Å². The van der Waals surface area contributed by atoms with E-state index in [1.807, 2.05) is 25.7 Å². The Morgan fingerprint density at radius 1 is 1.35 bits per heavy atom. The topological polar surface area (TPSA) is 32.3 Å². The number of likely N-dealkylation sites (N-methyl/N-ethyl adjacent to an activating group) is 1. The highest BCUT2D eigenvalue weighted by atomic mass is 16.2. The van der Waals surface area contributed by atoms with Gasteiger partial charge in [0.25, 0.3) is 0 Å². The van der Waals surface area contributed by atoms with Crippen molar-refractivity contribution in [1.82, 2.24) is 10.2 Å². The maximum Gasteiger partial charge on any atom is 0.239 e. The zero-order chi connectivity index (χ0) is 14.5. The van der Waals surface area contributed by atoms with Crippen LogP contribution in [0.3, 0.4) is 0 Å². The molecule has 110 valence electrons. The standard InChI is InChI=1S/C17H26N2O/c1-4-19(5-2)17(20)13(3)18-16-12-8-10-14-9-6-7-11-15(14)16/h6-7,9,11,13,16,18H,4-5,8,10,12H2,1-3H3. The first-order valence-electron chi connectivity index (χ1n) is 7.80. The summed E-state index contributed by atoms with van der Waals surface area (Å²) < 4.78 is 0. The van der Waals surface area contributed by atoms with Crippen molar-refractivity contribution in [2.75, 3.05) is 13.1 Å². The number of hydrogen-bond acceptors (Lipinski definition) is 2. The minimum atomic E-state index is -0.119. The highest BCUT2D eigenvalue weighted by Gasteiger charge is 2.25. The van der Waals surface area contributed by atoms with Gasteiger partial charge in [-0.1, -0.05) is 24.3 Å². The van der Waals surface area contributed by atoms with E-state index in [2.05, 4.69) is 29.6 Å². The van der Waals surface area contributed by atoms with Crippen LogP contribution in [0.15, 0.2) is 24.3 Å². The van der Waals surface area contributed by atoms with Gasteiger partial charge in [-0.15, -0.1) is 0 Å². The Kier molecular flexibility index (Phi) is 5.18. The number of carbonyl (C=O) groups is 1. The average Bonchev–Trinajstić information content (AvgIpc) is 2.48. The van der Waals surface area contributed by atoms with Crippen LogP contribution in [0.5, 0.6) is 0 Å². The van der Waals surface area contributed by atoms with Crippen LogP contribution in [0.1, 0.15) is 50.8 Å². The predicted molar refractivity (Wildman–Crippen MR) is 82.6 cm³/mol. The first-order valence-corrected chi connectivity index (χ1v) is 7.80. The van der Waals surface area contributed by atoms with Crippen LogP contribution in [0.25, 0.3) is 0 Å². The molecule has 2 unspecified atom stereocenters. The number of benzene rings is 1. The predicted octanol–water partition coefficient (Wildman–Crippen LogP) is 2.91. The Hall–Kier alpha value is -1.35. The average molecular weight is 274 g/mol. The fourth-order valence-corrected chi connectivity index (χ4v) is 3.11. The van der Waals surface area contributed by atoms with Crippen molar-refractivity contribution in [3.8, 4) is 0 Å². The molecule has 0 heterocycles. The third kappa shape index (κ3) is 3.21. The third-order valence-electron chi connectivity index (χ3n) is 4.27. The monoisotopic (exact) mass is 274 g/mol. The van der Waals surface area contributed by atoms with Gasteiger partial charge in [0.05, 0.1) is 6.04 Å². The molecule has 0 radical (unpaired) electrons. The van der Waals surface area contributed by atoms with E-state index < -0.39 is 0 Å². The molecule has 1 amide bonds. The third-order valence-corrected chi connectivity index (χ3v) is 4.27. The van der Waals surface area contributed by atoms with Gasteiger partial charge in [0, 0.05) is 19.1 Å². The van der Waals surface area contributed by atoms with E-state index in [9.17, 15) is 4.79 Å². The van der Waals surface area contributed by atoms with Crippen molar-refractivity contribution < 1.29 is 4.79 Å². The molecule has 0 spiro atoms. The number of rotatable bonds is 5. The normalized spacial score (nSPS) is 19.2. The molecule has 3 heteroatoms. The van der Waals surface area contributed by atoms with E-state index in [1.165, 1.54) is 17.5 Å². The quantitative estimate of drug-likeness (QED) is 0.895. The van der Waals surface area contributed by atoms with E-state index >= 15 is 0 Å². The smallest absolute Gasteiger partial charge is 0.239 e. The van der Waals surface area contributed by atoms with Gasteiger partial charge in [0.2, 0.25) is 5.91 Å². The van der Waals surface area contributed by atoms with Gasteiger partial charge in [-0.3, -0.25) is 10.1 Å². The van der Waals surface area contributed by atoms with Crippen LogP contribution < -0.4 is 5.32 Å². The van der Waals surface area contributed by atoms with E-state index in [0.29, 0.717) is 6.04 Å². The Morgan fingerprint density at radius 2 is 2.05 bits per heavy atom. The lowest BCUT2D eigenvalue weighted by Gasteiger charge is -2.31. The van der Waals surface area contributed by atoms with Crippen molar-refractivity contribution in [2.24, 2.45) is 0 Å². The molecule has 0 saturated heterocycles. The van der Waals surface area contributed by atoms with Gasteiger partial charge >= 0.3 is 0 Å². The van der Waals surface area contributed by atoms with Crippen molar-refractivity contribution in [3.63, 3.8) is 0 Å². The second-order valence-corrected chi connectivity index (χ2v) is 5.54. The number of amides is 1. The highest BCUT2D eigenvalue weighted by Crippen LogP contribution is 2.29. The van der Waals surface area contributed by atoms with Gasteiger partial charge in [0.1, 0.15) is 0 Å². The molecule has 0 aliphatic heterocycles. The van der Waals surface area contributed by atoms with Crippen molar-refractivity contribution in [1.29, 1.82) is 0 Å². The summed E-state index contributed by atoms with van der Waals surface area (Å²) in [5.41, 5.74) is 2.80. The van der Waals surface area contributed by atoms with Crippen LogP contribution in [0.4, 0.5) is 0 Å². The van der Waals surface area contributed by atoms with E-state index in [-0.39, 0.29) is 11.9 Å². The molecule has 0 aromatic heterocycles. The lowest BCUT2D eigenvalue weighted by molar-refractivity contribution is -0.132. The van der Waals surface area contributed by atoms with Crippen LogP contribution >= 0.6 is 0 Å². The molecule has 1 aliphatic carbocycles. The maximum atomic E-state index is 12.4. The molecule has 1 aromatic carbocycles. The van der Waals surface area contributed by atoms with Gasteiger partial charge in [-0.2, -0.15) is 0 Å². The summed E-state index contributed by atoms with van der Waals surface area (Å²) in [7, 11) is 0. The summed E-state index contributed by atoms with van der Waals surface area (Å²) in [6.45, 7) is 7.61. The van der Waals surface area contributed by atoms with Crippen LogP contribution in [0, 0.1) is 0 Å². The summed E-state index contributed by atoms with van der Waals surface area (Å²) >= 11 is 0. The van der Waals surface area contributed by atoms with Crippen LogP contribution in [-0.2, 0) is 11.2 Å². The summed E-state index contributed by atoms with van der Waals surface area (Å²) in [6, 6.07) is 8.79. The molecule has 20 heavy (non-hydrogen) atoms. The SMILES string of the molecule is CCN(CC)C(=O)C(C)NC1CCCc2ccccc21. The van der Waals surface area contributed by atoms with Gasteiger partial charge in [-0.25, -0.2) is 0 Å². The molecule has 0 fully saturated rings. The Bertz CT molecular complexity index is 454. The van der Waals surface area contributed by atoms with E-state index in [0.717, 1.165) is 25.9 Å². The lowest BCUT2D eigenvalue weighted by Crippen LogP contribution is -2.46. The number of aryl methyl sites for hydroxylation is 1. The fraction of sp³-hybridized carbons (Fsp3) is 0.588. The Labute approximate surface area is 122 Å². The van der Waals surface area contributed by atoms with Crippen LogP contribution in [0.2, 0.25) is 0 Å². The molecule has 2 rings (SSSR count). The summed E-state index contributed by atoms with van der Waals surface area (Å²) in [6.07, 6.45) is 3.47. The number of fused-ring (bicyclic) bond motifs is 1. The van der Waals surface area contributed by atoms with Crippen LogP contribution in [-0.4, -0.2) is 29.9 Å². The fourth-order valence-electron chi connectivity index (χ4n) is 3.11. The zero-order valence-electron chi connectivity index (χ0n) is 12.9. The molecule has 1 aromatic rings. The maximum absolute atomic E-state index is 12.4. The largest absolute Gasteiger partial charge is 0.342 e. The molecule has 3 nitrogen and oxygen atoms in total. The molecular weight excluding hydrogens is 248 g/mol. The minimum absolute atomic E-state index is 0.119. The number of carbonyl (C=O) groups excluding carboxylic acids is 1. The summed E-state index contributed by atoms with van der Waals surface area (Å²) in [4.78, 5) is 14.2. The number of nitrogens with one attached hydrogen (secondary N) is 1. The van der Waals surface area contributed by atoms with Gasteiger partial charge in [-0.05, 0) is 51.2 Å². The lowest BCUT2D eigenvalue weighted by atomic mass is 9.87. The molecule has 0 bridgehead atoms. The van der Waals surface area contributed by atoms with Crippen molar-refractivity contribution >= 4 is 5.91 Å². The number of nitrogens with zero attached hydrogens (tertiary/aromatic N) is 1. The minimum Gasteiger partial charge on any atom is -0.342 e. The Balaban J connectivity index is 2.06. The van der Waals surface area contributed by atoms with Gasteiger partial charge in [0.15, 0.2) is 0 Å². The highest BCUT2D eigenvalue weighted by molar-refractivity contribution is 5.81. The van der Waals surface area contributed by atoms with Gasteiger partial charge < -0.3 is 4.90 Å². The molecule has 2 atom stereocenters. The second-order valence-electron chi connectivity index (χ2n) is 5.54. The molecular formula is C17H26N2O. The number of hydrogen-bond donors (Lipinski definition) is 1. The first-order chi connectivity index (χ1) is 9.67. The summed E-state index contributed by atoms with van der Waals surface area (Å²) in [5, 5.41) is 3.53. The molecule has 1 N–H and O–H groups in total. The first kappa shape index (κ1) is 15.0.